The van der Waals surface area contributed by atoms with Crippen molar-refractivity contribution in [2.75, 3.05) is 14.1 Å². The number of rotatable bonds is 2. The van der Waals surface area contributed by atoms with Gasteiger partial charge in [-0.25, -0.2) is 9.59 Å². The Bertz CT molecular complexity index is 745. The molecule has 2 aromatic rings. The quantitative estimate of drug-likeness (QED) is 0.888. The van der Waals surface area contributed by atoms with E-state index in [2.05, 4.69) is 10.6 Å². The molecular weight excluding hydrogens is 304 g/mol. The van der Waals surface area contributed by atoms with Gasteiger partial charge in [-0.05, 0) is 0 Å². The Balaban J connectivity index is 2.07. The van der Waals surface area contributed by atoms with Crippen LogP contribution < -0.4 is 10.6 Å². The fourth-order valence-corrected chi connectivity index (χ4v) is 4.01. The molecule has 2 aliphatic rings. The van der Waals surface area contributed by atoms with Crippen molar-refractivity contribution in [1.29, 1.82) is 0 Å². The summed E-state index contributed by atoms with van der Waals surface area (Å²) in [7, 11) is 3.42. The molecule has 6 heteroatoms. The van der Waals surface area contributed by atoms with Gasteiger partial charge in [-0.2, -0.15) is 0 Å². The van der Waals surface area contributed by atoms with Crippen molar-refractivity contribution in [3.8, 4) is 0 Å². The van der Waals surface area contributed by atoms with Crippen LogP contribution in [0.2, 0.25) is 0 Å². The van der Waals surface area contributed by atoms with E-state index in [0.29, 0.717) is 0 Å². The molecule has 0 aromatic heterocycles. The van der Waals surface area contributed by atoms with Crippen molar-refractivity contribution in [3.05, 3.63) is 71.8 Å². The maximum Gasteiger partial charge on any atom is 0.324 e. The fourth-order valence-electron chi connectivity index (χ4n) is 4.01. The lowest BCUT2D eigenvalue weighted by Crippen LogP contribution is -2.61. The molecule has 2 aliphatic heterocycles. The summed E-state index contributed by atoms with van der Waals surface area (Å²) in [6, 6.07) is 18.7. The van der Waals surface area contributed by atoms with Gasteiger partial charge < -0.3 is 10.6 Å². The summed E-state index contributed by atoms with van der Waals surface area (Å²) in [6.45, 7) is 0. The van der Waals surface area contributed by atoms with Crippen LogP contribution in [-0.4, -0.2) is 36.0 Å². The topological polar surface area (TPSA) is 64.7 Å². The summed E-state index contributed by atoms with van der Waals surface area (Å²) in [5, 5.41) is 6.02. The maximum absolute atomic E-state index is 12.8. The molecule has 0 saturated carbocycles. The summed E-state index contributed by atoms with van der Waals surface area (Å²) in [5.74, 6) is 0. The molecule has 0 aliphatic carbocycles. The molecule has 0 radical (unpaired) electrons. The first-order valence-corrected chi connectivity index (χ1v) is 7.77. The number of hydrogen-bond donors (Lipinski definition) is 2. The number of hydrogen-bond acceptors (Lipinski definition) is 2. The molecule has 4 amide bonds. The van der Waals surface area contributed by atoms with Crippen molar-refractivity contribution < 1.29 is 9.59 Å². The molecular formula is C18H18N4O2. The molecule has 0 spiro atoms. The van der Waals surface area contributed by atoms with Crippen LogP contribution >= 0.6 is 0 Å². The lowest BCUT2D eigenvalue weighted by atomic mass is 9.82. The summed E-state index contributed by atoms with van der Waals surface area (Å²) in [6.07, 6.45) is 0. The molecule has 2 aromatic carbocycles. The largest absolute Gasteiger partial charge is 0.324 e. The van der Waals surface area contributed by atoms with E-state index >= 15 is 0 Å². The van der Waals surface area contributed by atoms with Gasteiger partial charge in [-0.1, -0.05) is 60.7 Å². The minimum Gasteiger partial charge on any atom is -0.307 e. The van der Waals surface area contributed by atoms with Crippen LogP contribution in [0.25, 0.3) is 0 Å². The average molecular weight is 322 g/mol. The predicted molar refractivity (Wildman–Crippen MR) is 88.8 cm³/mol. The van der Waals surface area contributed by atoms with Gasteiger partial charge in [0, 0.05) is 25.2 Å². The second kappa shape index (κ2) is 4.74. The van der Waals surface area contributed by atoms with Gasteiger partial charge >= 0.3 is 12.1 Å². The SMILES string of the molecule is CN1C(=O)N(C)[C@]2(c3ccccc3)NC(=O)N[C@]12c1ccccc1. The zero-order valence-electron chi connectivity index (χ0n) is 13.5. The third kappa shape index (κ3) is 1.50. The Morgan fingerprint density at radius 2 is 1.08 bits per heavy atom. The number of benzene rings is 2. The number of carbonyl (C=O) groups excluding carboxylic acids is 2. The first-order chi connectivity index (χ1) is 11.5. The van der Waals surface area contributed by atoms with E-state index in [1.165, 1.54) is 0 Å². The van der Waals surface area contributed by atoms with Crippen LogP contribution in [0.3, 0.4) is 0 Å². The van der Waals surface area contributed by atoms with Gasteiger partial charge in [0.1, 0.15) is 0 Å². The molecule has 0 bridgehead atoms. The highest BCUT2D eigenvalue weighted by Gasteiger charge is 2.72. The van der Waals surface area contributed by atoms with Crippen LogP contribution in [-0.2, 0) is 11.3 Å². The number of fused-ring (bicyclic) bond motifs is 1. The van der Waals surface area contributed by atoms with Crippen LogP contribution in [0, 0.1) is 0 Å². The zero-order chi connectivity index (χ0) is 16.9. The van der Waals surface area contributed by atoms with Crippen LogP contribution in [0.15, 0.2) is 60.7 Å². The summed E-state index contributed by atoms with van der Waals surface area (Å²) in [5.41, 5.74) is -0.378. The van der Waals surface area contributed by atoms with E-state index in [1.54, 1.807) is 23.9 Å². The molecule has 0 unspecified atom stereocenters. The molecule has 122 valence electrons. The van der Waals surface area contributed by atoms with Gasteiger partial charge in [0.15, 0.2) is 11.3 Å². The number of nitrogens with zero attached hydrogens (tertiary/aromatic N) is 2. The monoisotopic (exact) mass is 322 g/mol. The number of likely N-dealkylation sites (N-methyl/N-ethyl adjacent to an activating group) is 2. The molecule has 2 heterocycles. The Hall–Kier alpha value is -3.02. The van der Waals surface area contributed by atoms with Gasteiger partial charge in [0.2, 0.25) is 0 Å². The lowest BCUT2D eigenvalue weighted by molar-refractivity contribution is 0.0616. The molecule has 6 nitrogen and oxygen atoms in total. The lowest BCUT2D eigenvalue weighted by Gasteiger charge is -2.43. The highest BCUT2D eigenvalue weighted by Crippen LogP contribution is 2.52. The first-order valence-electron chi connectivity index (χ1n) is 7.77. The van der Waals surface area contributed by atoms with Crippen molar-refractivity contribution >= 4 is 12.1 Å². The van der Waals surface area contributed by atoms with Crippen molar-refractivity contribution in [2.24, 2.45) is 0 Å². The Morgan fingerprint density at radius 3 is 1.46 bits per heavy atom. The molecule has 2 saturated heterocycles. The van der Waals surface area contributed by atoms with E-state index in [4.69, 9.17) is 0 Å². The highest BCUT2D eigenvalue weighted by atomic mass is 16.2. The molecule has 4 rings (SSSR count). The minimum absolute atomic E-state index is 0.171. The Morgan fingerprint density at radius 1 is 0.708 bits per heavy atom. The molecule has 24 heavy (non-hydrogen) atoms. The third-order valence-corrected chi connectivity index (χ3v) is 5.08. The number of carbonyl (C=O) groups is 2. The highest BCUT2D eigenvalue weighted by molar-refractivity contribution is 5.89. The van der Waals surface area contributed by atoms with Gasteiger partial charge in [-0.15, -0.1) is 0 Å². The smallest absolute Gasteiger partial charge is 0.307 e. The fraction of sp³-hybridized carbons (Fsp3) is 0.222. The van der Waals surface area contributed by atoms with E-state index in [9.17, 15) is 9.59 Å². The molecule has 2 fully saturated rings. The summed E-state index contributed by atoms with van der Waals surface area (Å²) < 4.78 is 0. The average Bonchev–Trinajstić information content (AvgIpc) is 3.02. The molecule has 2 atom stereocenters. The Labute approximate surface area is 140 Å². The Kier molecular flexibility index (Phi) is 2.87. The van der Waals surface area contributed by atoms with E-state index < -0.39 is 11.3 Å². The standard InChI is InChI=1S/C18H18N4O2/c1-21-16(24)22(2)18(14-11-7-4-8-12-14)17(21,19-15(23)20-18)13-9-5-3-6-10-13/h3-12H,1-2H3,(H2,19,20,23)/t17-,18+. The van der Waals surface area contributed by atoms with Gasteiger partial charge in [-0.3, -0.25) is 9.80 Å². The van der Waals surface area contributed by atoms with Crippen molar-refractivity contribution in [2.45, 2.75) is 11.3 Å². The van der Waals surface area contributed by atoms with Crippen molar-refractivity contribution in [3.63, 3.8) is 0 Å². The summed E-state index contributed by atoms with van der Waals surface area (Å²) in [4.78, 5) is 28.4. The molecule has 2 N–H and O–H groups in total. The third-order valence-electron chi connectivity index (χ3n) is 5.08. The van der Waals surface area contributed by atoms with E-state index in [0.717, 1.165) is 11.1 Å². The normalized spacial score (nSPS) is 28.6. The zero-order valence-corrected chi connectivity index (χ0v) is 13.5. The van der Waals surface area contributed by atoms with E-state index in [1.807, 2.05) is 60.7 Å². The van der Waals surface area contributed by atoms with Crippen LogP contribution in [0.1, 0.15) is 11.1 Å². The minimum atomic E-state index is -1.03. The van der Waals surface area contributed by atoms with Crippen LogP contribution in [0.4, 0.5) is 9.59 Å². The summed E-state index contributed by atoms with van der Waals surface area (Å²) >= 11 is 0. The predicted octanol–water partition coefficient (Wildman–Crippen LogP) is 2.00. The van der Waals surface area contributed by atoms with Crippen molar-refractivity contribution in [1.82, 2.24) is 20.4 Å². The van der Waals surface area contributed by atoms with E-state index in [-0.39, 0.29) is 12.1 Å². The maximum atomic E-state index is 12.8. The number of urea groups is 2. The number of amides is 4. The number of nitrogens with one attached hydrogen (secondary N) is 2. The van der Waals surface area contributed by atoms with Gasteiger partial charge in [0.25, 0.3) is 0 Å². The second-order valence-corrected chi connectivity index (χ2v) is 6.13. The first kappa shape index (κ1) is 14.6. The van der Waals surface area contributed by atoms with Crippen LogP contribution in [0.5, 0.6) is 0 Å². The second-order valence-electron chi connectivity index (χ2n) is 6.13. The van der Waals surface area contributed by atoms with Gasteiger partial charge in [0.05, 0.1) is 0 Å².